The lowest BCUT2D eigenvalue weighted by Gasteiger charge is -2.13. The molecule has 1 aromatic rings. The molecule has 1 aromatic carbocycles. The number of aliphatic hydroxyl groups is 1. The van der Waals surface area contributed by atoms with Gasteiger partial charge in [-0.25, -0.2) is 13.1 Å². The summed E-state index contributed by atoms with van der Waals surface area (Å²) >= 11 is 0. The number of hydrogen-bond acceptors (Lipinski definition) is 6. The molecule has 1 atom stereocenters. The first-order chi connectivity index (χ1) is 10.0. The van der Waals surface area contributed by atoms with Gasteiger partial charge in [0.15, 0.2) is 11.5 Å². The van der Waals surface area contributed by atoms with E-state index in [9.17, 15) is 13.5 Å². The maximum Gasteiger partial charge on any atom is 0.240 e. The molecule has 0 spiro atoms. The fourth-order valence-corrected chi connectivity index (χ4v) is 2.94. The van der Waals surface area contributed by atoms with Crippen molar-refractivity contribution in [3.63, 3.8) is 0 Å². The van der Waals surface area contributed by atoms with Gasteiger partial charge in [-0.2, -0.15) is 0 Å². The molecule has 0 saturated carbocycles. The van der Waals surface area contributed by atoms with Crippen molar-refractivity contribution in [2.75, 3.05) is 33.5 Å². The molecule has 0 radical (unpaired) electrons. The van der Waals surface area contributed by atoms with Crippen LogP contribution in [0.3, 0.4) is 0 Å². The minimum absolute atomic E-state index is 0.0592. The van der Waals surface area contributed by atoms with Crippen molar-refractivity contribution in [2.24, 2.45) is 0 Å². The normalized spacial score (nSPS) is 16.3. The van der Waals surface area contributed by atoms with E-state index in [1.54, 1.807) is 6.07 Å². The SMILES string of the molecule is COCC(O)CNS(=O)(=O)c1ccc2c(c1)OCCCO2. The first kappa shape index (κ1) is 16.0. The number of methoxy groups -OCH3 is 1. The Morgan fingerprint density at radius 2 is 2.05 bits per heavy atom. The van der Waals surface area contributed by atoms with E-state index in [-0.39, 0.29) is 18.0 Å². The molecule has 0 saturated heterocycles. The van der Waals surface area contributed by atoms with Gasteiger partial charge in [0.05, 0.1) is 30.8 Å². The smallest absolute Gasteiger partial charge is 0.240 e. The number of sulfonamides is 1. The summed E-state index contributed by atoms with van der Waals surface area (Å²) < 4.78 is 42.3. The number of ether oxygens (including phenoxy) is 3. The second-order valence-corrected chi connectivity index (χ2v) is 6.39. The number of aliphatic hydroxyl groups excluding tert-OH is 1. The Morgan fingerprint density at radius 3 is 2.76 bits per heavy atom. The summed E-state index contributed by atoms with van der Waals surface area (Å²) in [4.78, 5) is 0.0661. The van der Waals surface area contributed by atoms with Crippen molar-refractivity contribution in [3.8, 4) is 11.5 Å². The summed E-state index contributed by atoms with van der Waals surface area (Å²) in [6.45, 7) is 0.964. The van der Waals surface area contributed by atoms with Crippen LogP contribution in [0.1, 0.15) is 6.42 Å². The van der Waals surface area contributed by atoms with Crippen LogP contribution < -0.4 is 14.2 Å². The molecule has 1 heterocycles. The van der Waals surface area contributed by atoms with Crippen LogP contribution in [0.4, 0.5) is 0 Å². The van der Waals surface area contributed by atoms with E-state index >= 15 is 0 Å². The predicted octanol–water partition coefficient (Wildman–Crippen LogP) is 0.134. The summed E-state index contributed by atoms with van der Waals surface area (Å²) in [5, 5.41) is 9.49. The second-order valence-electron chi connectivity index (χ2n) is 4.62. The summed E-state index contributed by atoms with van der Waals surface area (Å²) in [5.41, 5.74) is 0. The van der Waals surface area contributed by atoms with Gasteiger partial charge in [0, 0.05) is 26.1 Å². The van der Waals surface area contributed by atoms with Gasteiger partial charge < -0.3 is 19.3 Å². The fourth-order valence-electron chi connectivity index (χ4n) is 1.85. The van der Waals surface area contributed by atoms with Crippen LogP contribution >= 0.6 is 0 Å². The van der Waals surface area contributed by atoms with E-state index in [0.29, 0.717) is 24.7 Å². The van der Waals surface area contributed by atoms with Crippen LogP contribution in [0.2, 0.25) is 0 Å². The highest BCUT2D eigenvalue weighted by Crippen LogP contribution is 2.31. The third-order valence-electron chi connectivity index (χ3n) is 2.90. The molecular formula is C13H19NO6S. The molecule has 7 nitrogen and oxygen atoms in total. The lowest BCUT2D eigenvalue weighted by molar-refractivity contribution is 0.0679. The number of hydrogen-bond donors (Lipinski definition) is 2. The Balaban J connectivity index is 2.11. The summed E-state index contributed by atoms with van der Waals surface area (Å²) in [7, 11) is -2.29. The lowest BCUT2D eigenvalue weighted by atomic mass is 10.3. The van der Waals surface area contributed by atoms with Crippen LogP contribution in [0.15, 0.2) is 23.1 Å². The summed E-state index contributed by atoms with van der Waals surface area (Å²) in [6.07, 6.45) is -0.150. The molecule has 118 valence electrons. The van der Waals surface area contributed by atoms with Gasteiger partial charge in [0.25, 0.3) is 0 Å². The summed E-state index contributed by atoms with van der Waals surface area (Å²) in [6, 6.07) is 4.44. The van der Waals surface area contributed by atoms with Gasteiger partial charge in [-0.3, -0.25) is 0 Å². The van der Waals surface area contributed by atoms with E-state index in [1.807, 2.05) is 0 Å². The third kappa shape index (κ3) is 4.31. The van der Waals surface area contributed by atoms with Crippen molar-refractivity contribution in [3.05, 3.63) is 18.2 Å². The molecule has 0 fully saturated rings. The minimum Gasteiger partial charge on any atom is -0.490 e. The van der Waals surface area contributed by atoms with Crippen molar-refractivity contribution in [1.29, 1.82) is 0 Å². The van der Waals surface area contributed by atoms with Crippen molar-refractivity contribution >= 4 is 10.0 Å². The van der Waals surface area contributed by atoms with Crippen molar-refractivity contribution < 1.29 is 27.7 Å². The molecule has 0 aliphatic carbocycles. The Bertz CT molecular complexity index is 574. The molecule has 0 aromatic heterocycles. The van der Waals surface area contributed by atoms with Gasteiger partial charge in [0.2, 0.25) is 10.0 Å². The Kier molecular flexibility index (Phi) is 5.40. The topological polar surface area (TPSA) is 94.1 Å². The lowest BCUT2D eigenvalue weighted by Crippen LogP contribution is -2.34. The van der Waals surface area contributed by atoms with Gasteiger partial charge in [0.1, 0.15) is 0 Å². The Hall–Kier alpha value is -1.35. The zero-order chi connectivity index (χ0) is 15.3. The largest absolute Gasteiger partial charge is 0.490 e. The first-order valence-electron chi connectivity index (χ1n) is 6.59. The zero-order valence-electron chi connectivity index (χ0n) is 11.7. The van der Waals surface area contributed by atoms with E-state index in [2.05, 4.69) is 4.72 Å². The maximum atomic E-state index is 12.2. The molecule has 2 N–H and O–H groups in total. The second kappa shape index (κ2) is 7.08. The third-order valence-corrected chi connectivity index (χ3v) is 4.32. The average molecular weight is 317 g/mol. The Morgan fingerprint density at radius 1 is 1.33 bits per heavy atom. The predicted molar refractivity (Wildman–Crippen MR) is 75.1 cm³/mol. The van der Waals surface area contributed by atoms with Gasteiger partial charge in [-0.05, 0) is 12.1 Å². The number of nitrogens with one attached hydrogen (secondary N) is 1. The van der Waals surface area contributed by atoms with E-state index in [0.717, 1.165) is 6.42 Å². The zero-order valence-corrected chi connectivity index (χ0v) is 12.6. The molecule has 21 heavy (non-hydrogen) atoms. The van der Waals surface area contributed by atoms with Crippen molar-refractivity contribution in [2.45, 2.75) is 17.4 Å². The highest BCUT2D eigenvalue weighted by molar-refractivity contribution is 7.89. The maximum absolute atomic E-state index is 12.2. The molecule has 0 bridgehead atoms. The van der Waals surface area contributed by atoms with Crippen LogP contribution in [-0.4, -0.2) is 53.1 Å². The van der Waals surface area contributed by atoms with Crippen LogP contribution in [0.25, 0.3) is 0 Å². The van der Waals surface area contributed by atoms with Gasteiger partial charge in [-0.15, -0.1) is 0 Å². The van der Waals surface area contributed by atoms with Gasteiger partial charge >= 0.3 is 0 Å². The highest BCUT2D eigenvalue weighted by atomic mass is 32.2. The molecule has 1 aliphatic rings. The number of fused-ring (bicyclic) bond motifs is 1. The average Bonchev–Trinajstić information content (AvgIpc) is 2.70. The van der Waals surface area contributed by atoms with Gasteiger partial charge in [-0.1, -0.05) is 0 Å². The monoisotopic (exact) mass is 317 g/mol. The van der Waals surface area contributed by atoms with Crippen molar-refractivity contribution in [1.82, 2.24) is 4.72 Å². The molecule has 2 rings (SSSR count). The quantitative estimate of drug-likeness (QED) is 0.775. The van der Waals surface area contributed by atoms with Crippen LogP contribution in [0, 0.1) is 0 Å². The molecule has 8 heteroatoms. The molecule has 0 amide bonds. The standard InChI is InChI=1S/C13H19NO6S/c1-18-9-10(15)8-14-21(16,17)11-3-4-12-13(7-11)20-6-2-5-19-12/h3-4,7,10,14-15H,2,5-6,8-9H2,1H3. The first-order valence-corrected chi connectivity index (χ1v) is 8.07. The van der Waals surface area contributed by atoms with E-state index < -0.39 is 16.1 Å². The Labute approximate surface area is 123 Å². The molecule has 1 unspecified atom stereocenters. The molecular weight excluding hydrogens is 298 g/mol. The summed E-state index contributed by atoms with van der Waals surface area (Å²) in [5.74, 6) is 0.943. The molecule has 1 aliphatic heterocycles. The van der Waals surface area contributed by atoms with Crippen LogP contribution in [-0.2, 0) is 14.8 Å². The van der Waals surface area contributed by atoms with E-state index in [1.165, 1.54) is 19.2 Å². The minimum atomic E-state index is -3.72. The highest BCUT2D eigenvalue weighted by Gasteiger charge is 2.19. The number of benzene rings is 1. The van der Waals surface area contributed by atoms with E-state index in [4.69, 9.17) is 14.2 Å². The van der Waals surface area contributed by atoms with Crippen LogP contribution in [0.5, 0.6) is 11.5 Å². The number of rotatable bonds is 6. The fraction of sp³-hybridized carbons (Fsp3) is 0.538.